The van der Waals surface area contributed by atoms with Crippen molar-refractivity contribution in [2.75, 3.05) is 19.8 Å². The Labute approximate surface area is 521 Å². The molecule has 0 bridgehead atoms. The molecule has 2 heterocycles. The number of carbonyl (C=O) groups excluding carboxylic acids is 1. The smallest absolute Gasteiger partial charge is 0.220 e. The molecule has 12 atom stereocenters. The molecule has 0 aromatic rings. The van der Waals surface area contributed by atoms with Gasteiger partial charge in [0.1, 0.15) is 48.8 Å². The van der Waals surface area contributed by atoms with Crippen molar-refractivity contribution in [2.24, 2.45) is 0 Å². The molecule has 0 aliphatic carbocycles. The maximum atomic E-state index is 13.3. The van der Waals surface area contributed by atoms with Crippen LogP contribution in [-0.4, -0.2) is 140 Å². The standard InChI is InChI=1S/C72H123NO13/c1-3-5-7-9-11-13-15-17-19-21-22-23-24-25-26-27-28-29-30-31-32-33-34-35-36-37-38-40-42-44-46-48-50-52-54-56-64(77)73-60(61(76)55-53-51-49-47-45-43-41-39-20-18-16-14-12-10-8-6-4-2)59-83-71-69(82)67(80)70(63(58-75)85-71)86-72-68(81)66(79)65(78)62(57-74)84-72/h5,7,11,13,17,19,22-23,25-26,28-29,31-32,34-35,37-38,60-63,65-72,74-76,78-82H,3-4,6,8-10,12,14-16,18,20-21,24,27,30,33,36,39-59H2,1-2H3,(H,73,77)/b7-5-,13-11-,19-17-,23-22-,26-25-,29-28-,32-31-,35-34-,38-37-. The summed E-state index contributed by atoms with van der Waals surface area (Å²) < 4.78 is 22.9. The summed E-state index contributed by atoms with van der Waals surface area (Å²) in [5, 5.41) is 87.5. The Morgan fingerprint density at radius 3 is 1.23 bits per heavy atom. The summed E-state index contributed by atoms with van der Waals surface area (Å²) >= 11 is 0. The van der Waals surface area contributed by atoms with Gasteiger partial charge in [0.05, 0.1) is 32.0 Å². The van der Waals surface area contributed by atoms with E-state index in [1.807, 2.05) is 0 Å². The third-order valence-corrected chi connectivity index (χ3v) is 16.0. The number of hydrogen-bond donors (Lipinski definition) is 9. The summed E-state index contributed by atoms with van der Waals surface area (Å²) in [6, 6.07) is -0.843. The van der Waals surface area contributed by atoms with Crippen molar-refractivity contribution < 1.29 is 64.6 Å². The lowest BCUT2D eigenvalue weighted by Gasteiger charge is -2.46. The van der Waals surface area contributed by atoms with Gasteiger partial charge in [0.2, 0.25) is 5.91 Å². The number of aliphatic hydroxyl groups is 8. The van der Waals surface area contributed by atoms with Gasteiger partial charge in [-0.15, -0.1) is 0 Å². The van der Waals surface area contributed by atoms with Crippen molar-refractivity contribution in [3.8, 4) is 0 Å². The second-order valence-corrected chi connectivity index (χ2v) is 23.6. The molecule has 2 saturated heterocycles. The lowest BCUT2D eigenvalue weighted by atomic mass is 9.97. The lowest BCUT2D eigenvalue weighted by Crippen LogP contribution is -2.65. The summed E-state index contributed by atoms with van der Waals surface area (Å²) in [4.78, 5) is 13.3. The van der Waals surface area contributed by atoms with E-state index in [0.29, 0.717) is 12.8 Å². The van der Waals surface area contributed by atoms with Gasteiger partial charge in [0.25, 0.3) is 0 Å². The molecule has 0 aromatic carbocycles. The maximum absolute atomic E-state index is 13.3. The van der Waals surface area contributed by atoms with Crippen molar-refractivity contribution in [3.63, 3.8) is 0 Å². The van der Waals surface area contributed by atoms with Gasteiger partial charge >= 0.3 is 0 Å². The largest absolute Gasteiger partial charge is 0.394 e. The van der Waals surface area contributed by atoms with Crippen LogP contribution in [0.25, 0.3) is 0 Å². The Balaban J connectivity index is 1.67. The molecule has 14 nitrogen and oxygen atoms in total. The lowest BCUT2D eigenvalue weighted by molar-refractivity contribution is -0.359. The number of rotatable bonds is 54. The second-order valence-electron chi connectivity index (χ2n) is 23.6. The van der Waals surface area contributed by atoms with Crippen molar-refractivity contribution >= 4 is 5.91 Å². The minimum atomic E-state index is -1.79. The van der Waals surface area contributed by atoms with Gasteiger partial charge in [-0.3, -0.25) is 4.79 Å². The first-order chi connectivity index (χ1) is 42.1. The summed E-state index contributed by atoms with van der Waals surface area (Å²) in [6.45, 7) is 2.74. The Hall–Kier alpha value is -3.35. The zero-order chi connectivity index (χ0) is 62.3. The van der Waals surface area contributed by atoms with Crippen LogP contribution in [0, 0.1) is 0 Å². The van der Waals surface area contributed by atoms with Crippen molar-refractivity contribution in [1.29, 1.82) is 0 Å². The highest BCUT2D eigenvalue weighted by Crippen LogP contribution is 2.30. The molecule has 12 unspecified atom stereocenters. The topological polar surface area (TPSA) is 228 Å². The molecule has 0 aromatic heterocycles. The van der Waals surface area contributed by atoms with Crippen LogP contribution in [0.15, 0.2) is 109 Å². The molecule has 0 radical (unpaired) electrons. The fourth-order valence-electron chi connectivity index (χ4n) is 10.6. The summed E-state index contributed by atoms with van der Waals surface area (Å²) in [6.07, 6.45) is 62.3. The van der Waals surface area contributed by atoms with Gasteiger partial charge < -0.3 is 65.1 Å². The van der Waals surface area contributed by atoms with E-state index >= 15 is 0 Å². The van der Waals surface area contributed by atoms with Gasteiger partial charge in [0.15, 0.2) is 12.6 Å². The first-order valence-corrected chi connectivity index (χ1v) is 34.1. The molecule has 0 spiro atoms. The molecule has 2 aliphatic rings. The van der Waals surface area contributed by atoms with Crippen LogP contribution in [-0.2, 0) is 23.7 Å². The Morgan fingerprint density at radius 2 is 0.802 bits per heavy atom. The number of aliphatic hydroxyl groups excluding tert-OH is 8. The minimum Gasteiger partial charge on any atom is -0.394 e. The zero-order valence-electron chi connectivity index (χ0n) is 53.5. The molecule has 14 heteroatoms. The van der Waals surface area contributed by atoms with Crippen LogP contribution in [0.2, 0.25) is 0 Å². The Morgan fingerprint density at radius 1 is 0.430 bits per heavy atom. The number of carbonyl (C=O) groups is 1. The fourth-order valence-corrected chi connectivity index (χ4v) is 10.6. The third-order valence-electron chi connectivity index (χ3n) is 16.0. The van der Waals surface area contributed by atoms with Crippen molar-refractivity contribution in [1.82, 2.24) is 5.32 Å². The fraction of sp³-hybridized carbons (Fsp3) is 0.736. The van der Waals surface area contributed by atoms with E-state index in [1.165, 1.54) is 89.9 Å². The van der Waals surface area contributed by atoms with Crippen LogP contribution in [0.5, 0.6) is 0 Å². The second kappa shape index (κ2) is 55.7. The predicted octanol–water partition coefficient (Wildman–Crippen LogP) is 13.6. The van der Waals surface area contributed by atoms with E-state index in [0.717, 1.165) is 122 Å². The quantitative estimate of drug-likeness (QED) is 0.0204. The molecule has 9 N–H and O–H groups in total. The predicted molar refractivity (Wildman–Crippen MR) is 350 cm³/mol. The van der Waals surface area contributed by atoms with Crippen LogP contribution < -0.4 is 5.32 Å². The van der Waals surface area contributed by atoms with Gasteiger partial charge in [-0.2, -0.15) is 0 Å². The molecular weight excluding hydrogens is 1090 g/mol. The summed E-state index contributed by atoms with van der Waals surface area (Å²) in [7, 11) is 0. The van der Waals surface area contributed by atoms with Gasteiger partial charge in [-0.25, -0.2) is 0 Å². The molecule has 494 valence electrons. The summed E-state index contributed by atoms with van der Waals surface area (Å²) in [5.74, 6) is -0.221. The molecule has 1 amide bonds. The first-order valence-electron chi connectivity index (χ1n) is 34.1. The number of unbranched alkanes of at least 4 members (excludes halogenated alkanes) is 23. The molecule has 86 heavy (non-hydrogen) atoms. The monoisotopic (exact) mass is 1210 g/mol. The molecule has 2 fully saturated rings. The molecule has 0 saturated carbocycles. The Kier molecular flexibility index (Phi) is 51.0. The highest BCUT2D eigenvalue weighted by atomic mass is 16.7. The molecular formula is C72H123NO13. The van der Waals surface area contributed by atoms with E-state index in [9.17, 15) is 45.6 Å². The molecule has 2 aliphatic heterocycles. The normalized spacial score (nSPS) is 24.1. The van der Waals surface area contributed by atoms with E-state index in [1.54, 1.807) is 0 Å². The highest BCUT2D eigenvalue weighted by molar-refractivity contribution is 5.76. The van der Waals surface area contributed by atoms with Gasteiger partial charge in [0, 0.05) is 6.42 Å². The van der Waals surface area contributed by atoms with Crippen molar-refractivity contribution in [3.05, 3.63) is 109 Å². The van der Waals surface area contributed by atoms with Crippen LogP contribution in [0.1, 0.15) is 245 Å². The molecule has 2 rings (SSSR count). The van der Waals surface area contributed by atoms with Gasteiger partial charge in [-0.1, -0.05) is 264 Å². The third kappa shape index (κ3) is 39.6. The minimum absolute atomic E-state index is 0.221. The first kappa shape index (κ1) is 78.7. The average Bonchev–Trinajstić information content (AvgIpc) is 2.46. The Bertz CT molecular complexity index is 1860. The summed E-state index contributed by atoms with van der Waals surface area (Å²) in [5.41, 5.74) is 0. The highest BCUT2D eigenvalue weighted by Gasteiger charge is 2.51. The maximum Gasteiger partial charge on any atom is 0.220 e. The SMILES string of the molecule is CC/C=C\C/C=C\C/C=C\C/C=C\C/C=C\C/C=C\C/C=C\C/C=C\C/C=C\CCCCCCCCCC(=O)NC(COC1OC(CO)C(OC2OC(CO)C(O)C(O)C2O)C(O)C1O)C(O)CCCCCCCCCCCCCCCCCCC. The van der Waals surface area contributed by atoms with E-state index in [4.69, 9.17) is 18.9 Å². The van der Waals surface area contributed by atoms with E-state index < -0.39 is 86.8 Å². The number of nitrogens with one attached hydrogen (secondary N) is 1. The number of allylic oxidation sites excluding steroid dienone is 18. The number of ether oxygens (including phenoxy) is 4. The zero-order valence-corrected chi connectivity index (χ0v) is 53.5. The van der Waals surface area contributed by atoms with Crippen LogP contribution in [0.4, 0.5) is 0 Å². The number of hydrogen-bond acceptors (Lipinski definition) is 13. The number of amides is 1. The van der Waals surface area contributed by atoms with E-state index in [2.05, 4.69) is 129 Å². The van der Waals surface area contributed by atoms with Crippen LogP contribution in [0.3, 0.4) is 0 Å². The van der Waals surface area contributed by atoms with Crippen molar-refractivity contribution in [2.45, 2.75) is 319 Å². The average molecular weight is 1210 g/mol. The van der Waals surface area contributed by atoms with Gasteiger partial charge in [-0.05, 0) is 83.5 Å². The van der Waals surface area contributed by atoms with Crippen LogP contribution >= 0.6 is 0 Å². The van der Waals surface area contributed by atoms with E-state index in [-0.39, 0.29) is 18.9 Å².